The lowest BCUT2D eigenvalue weighted by atomic mass is 9.90. The van der Waals surface area contributed by atoms with Crippen molar-refractivity contribution in [3.8, 4) is 19.5 Å². The molecule has 6 aromatic rings. The Kier molecular flexibility index (Phi) is 16.7. The zero-order valence-corrected chi connectivity index (χ0v) is 46.0. The third-order valence-electron chi connectivity index (χ3n) is 13.7. The molecule has 0 N–H and O–H groups in total. The molecule has 0 saturated carbocycles. The Hall–Kier alpha value is -0.803. The third-order valence-corrected chi connectivity index (χ3v) is 28.5. The number of hydrogen-bond acceptors (Lipinski definition) is 6. The molecule has 0 atom stereocenters. The molecular weight excluding hydrogens is 869 g/mol. The summed E-state index contributed by atoms with van der Waals surface area (Å²) < 4.78 is 9.94. The lowest BCUT2D eigenvalue weighted by Gasteiger charge is -2.29. The van der Waals surface area contributed by atoms with Crippen molar-refractivity contribution in [1.29, 1.82) is 0 Å². The summed E-state index contributed by atoms with van der Waals surface area (Å²) in [5, 5.41) is 3.88. The summed E-state index contributed by atoms with van der Waals surface area (Å²) in [5.74, 6) is 0. The summed E-state index contributed by atoms with van der Waals surface area (Å²) in [6.07, 6.45) is 30.0. The van der Waals surface area contributed by atoms with Crippen molar-refractivity contribution < 1.29 is 0 Å². The summed E-state index contributed by atoms with van der Waals surface area (Å²) >= 11 is 13.2. The maximum atomic E-state index is 2.60. The predicted molar refractivity (Wildman–Crippen MR) is 292 cm³/mol. The van der Waals surface area contributed by atoms with E-state index >= 15 is 0 Å². The minimum Gasteiger partial charge on any atom is -0.139 e. The van der Waals surface area contributed by atoms with Gasteiger partial charge in [-0.05, 0) is 82.2 Å². The van der Waals surface area contributed by atoms with E-state index in [1.165, 1.54) is 168 Å². The topological polar surface area (TPSA) is 0 Å². The van der Waals surface area contributed by atoms with Gasteiger partial charge in [-0.25, -0.2) is 0 Å². The van der Waals surface area contributed by atoms with Gasteiger partial charge in [0.15, 0.2) is 0 Å². The fourth-order valence-corrected chi connectivity index (χ4v) is 27.4. The van der Waals surface area contributed by atoms with Gasteiger partial charge in [0, 0.05) is 57.5 Å². The number of fused-ring (bicyclic) bond motifs is 8. The van der Waals surface area contributed by atoms with Crippen LogP contribution in [0.1, 0.15) is 219 Å². The Morgan fingerprint density at radius 3 is 1.36 bits per heavy atom. The highest BCUT2D eigenvalue weighted by molar-refractivity contribution is 7.42. The molecule has 0 radical (unpaired) electrons. The lowest BCUT2D eigenvalue weighted by Crippen LogP contribution is -2.54. The second-order valence-corrected chi connectivity index (χ2v) is 31.4. The fraction of sp³-hybridized carbons (Fsp3) is 0.667. The first-order chi connectivity index (χ1) is 29.4. The molecule has 61 heavy (non-hydrogen) atoms. The molecule has 0 fully saturated rings. The number of unbranched alkanes of at least 4 members (excludes halogenated alkanes) is 16. The quantitative estimate of drug-likeness (QED) is 0.0396. The molecule has 7 rings (SSSR count). The van der Waals surface area contributed by atoms with Crippen molar-refractivity contribution in [3.05, 3.63) is 33.0 Å². The summed E-state index contributed by atoms with van der Waals surface area (Å²) in [7, 11) is -2.10. The highest BCUT2D eigenvalue weighted by atomic mass is 32.1. The molecule has 0 nitrogen and oxygen atoms in total. The van der Waals surface area contributed by atoms with E-state index < -0.39 is 8.07 Å². The Morgan fingerprint density at radius 1 is 0.410 bits per heavy atom. The lowest BCUT2D eigenvalue weighted by molar-refractivity contribution is 0.591. The largest absolute Gasteiger partial charge is 0.139 e. The van der Waals surface area contributed by atoms with E-state index in [0.29, 0.717) is 0 Å². The SMILES string of the molecule is CCCCCCCC[Si]1(CCCCCCCC)c2c(sc3c(CCCCCC)c(-c4cc5sc(C(C)(C)C)cc5s4)sc23)-c2sc3c(CCCCCC)c(C(C)(C)C)sc3c21. The molecule has 1 aliphatic heterocycles. The van der Waals surface area contributed by atoms with Gasteiger partial charge in [0.1, 0.15) is 8.07 Å². The first kappa shape index (κ1) is 48.1. The van der Waals surface area contributed by atoms with Gasteiger partial charge >= 0.3 is 0 Å². The average Bonchev–Trinajstić information content (AvgIpc) is 4.06. The normalized spacial score (nSPS) is 14.1. The van der Waals surface area contributed by atoms with Gasteiger partial charge in [0.25, 0.3) is 0 Å². The summed E-state index contributed by atoms with van der Waals surface area (Å²) in [6, 6.07) is 8.05. The standard InChI is InChI=1S/C54H80S6Si/c1-11-15-19-23-25-29-33-61(34-30-26-24-20-16-12-2)50-46-44(37(31-27-21-17-13-3)43(57-46)41-35-39-40(55-41)36-42(56-39)53(5,6)7)58-48(50)49-51(61)47-45(59-49)38(32-28-22-18-14-4)52(60-47)54(8,9)10/h35-36H,11-34H2,1-10H3. The van der Waals surface area contributed by atoms with Gasteiger partial charge in [-0.15, -0.1) is 68.0 Å². The molecule has 0 saturated heterocycles. The number of rotatable bonds is 25. The van der Waals surface area contributed by atoms with Crippen molar-refractivity contribution in [2.75, 3.05) is 0 Å². The Bertz CT molecular complexity index is 2270. The van der Waals surface area contributed by atoms with Crippen molar-refractivity contribution in [3.63, 3.8) is 0 Å². The first-order valence-corrected chi connectivity index (χ1v) is 32.4. The Morgan fingerprint density at radius 2 is 0.852 bits per heavy atom. The van der Waals surface area contributed by atoms with Gasteiger partial charge in [-0.3, -0.25) is 0 Å². The number of aryl methyl sites for hydroxylation is 2. The molecule has 0 unspecified atom stereocenters. The van der Waals surface area contributed by atoms with Crippen LogP contribution < -0.4 is 10.4 Å². The molecule has 0 aromatic carbocycles. The molecule has 7 heterocycles. The van der Waals surface area contributed by atoms with E-state index in [-0.39, 0.29) is 10.8 Å². The molecule has 7 heteroatoms. The second-order valence-electron chi connectivity index (χ2n) is 20.9. The molecule has 0 spiro atoms. The molecule has 336 valence electrons. The highest BCUT2D eigenvalue weighted by Crippen LogP contribution is 2.56. The van der Waals surface area contributed by atoms with Gasteiger partial charge < -0.3 is 0 Å². The van der Waals surface area contributed by atoms with Crippen LogP contribution in [0.25, 0.3) is 47.7 Å². The van der Waals surface area contributed by atoms with Crippen molar-refractivity contribution >= 4 is 115 Å². The van der Waals surface area contributed by atoms with Crippen LogP contribution in [0.2, 0.25) is 12.1 Å². The molecule has 0 aliphatic carbocycles. The second kappa shape index (κ2) is 21.2. The minimum atomic E-state index is -2.10. The zero-order valence-electron chi connectivity index (χ0n) is 40.1. The van der Waals surface area contributed by atoms with Gasteiger partial charge in [-0.2, -0.15) is 0 Å². The van der Waals surface area contributed by atoms with Crippen LogP contribution in [-0.2, 0) is 23.7 Å². The van der Waals surface area contributed by atoms with Gasteiger partial charge in [0.05, 0.1) is 0 Å². The van der Waals surface area contributed by atoms with E-state index in [2.05, 4.69) is 138 Å². The number of hydrogen-bond donors (Lipinski definition) is 0. The van der Waals surface area contributed by atoms with Crippen LogP contribution in [0.5, 0.6) is 0 Å². The van der Waals surface area contributed by atoms with Gasteiger partial charge in [0.2, 0.25) is 0 Å². The smallest absolute Gasteiger partial charge is 0.125 e. The van der Waals surface area contributed by atoms with Crippen LogP contribution in [0.3, 0.4) is 0 Å². The van der Waals surface area contributed by atoms with Crippen LogP contribution in [0, 0.1) is 0 Å². The van der Waals surface area contributed by atoms with Crippen LogP contribution in [0.4, 0.5) is 0 Å². The zero-order chi connectivity index (χ0) is 43.4. The molecule has 0 bridgehead atoms. The van der Waals surface area contributed by atoms with E-state index in [0.717, 1.165) is 0 Å². The molecule has 6 aromatic heterocycles. The fourth-order valence-electron chi connectivity index (χ4n) is 10.3. The van der Waals surface area contributed by atoms with Crippen molar-refractivity contribution in [1.82, 2.24) is 0 Å². The van der Waals surface area contributed by atoms with Crippen LogP contribution in [0.15, 0.2) is 12.1 Å². The Balaban J connectivity index is 1.42. The van der Waals surface area contributed by atoms with Crippen LogP contribution in [-0.4, -0.2) is 8.07 Å². The maximum absolute atomic E-state index is 2.60. The highest BCUT2D eigenvalue weighted by Gasteiger charge is 2.51. The van der Waals surface area contributed by atoms with E-state index in [1.807, 2.05) is 21.7 Å². The summed E-state index contributed by atoms with van der Waals surface area (Å²) in [5.41, 5.74) is 3.86. The van der Waals surface area contributed by atoms with E-state index in [1.54, 1.807) is 54.3 Å². The summed E-state index contributed by atoms with van der Waals surface area (Å²) in [6.45, 7) is 24.1. The van der Waals surface area contributed by atoms with Gasteiger partial charge in [-0.1, -0.05) is 185 Å². The monoisotopic (exact) mass is 948 g/mol. The third kappa shape index (κ3) is 10.3. The Labute approximate surface area is 397 Å². The van der Waals surface area contributed by atoms with E-state index in [9.17, 15) is 0 Å². The number of thiophene rings is 6. The van der Waals surface area contributed by atoms with Crippen molar-refractivity contribution in [2.45, 2.75) is 233 Å². The average molecular weight is 950 g/mol. The summed E-state index contributed by atoms with van der Waals surface area (Å²) in [4.78, 5) is 9.92. The molecule has 0 amide bonds. The maximum Gasteiger partial charge on any atom is 0.125 e. The molecule has 1 aliphatic rings. The van der Waals surface area contributed by atoms with Crippen molar-refractivity contribution in [2.24, 2.45) is 0 Å². The predicted octanol–water partition coefficient (Wildman–Crippen LogP) is 20.3. The molecular formula is C54H80S6Si. The van der Waals surface area contributed by atoms with E-state index in [4.69, 9.17) is 0 Å². The first-order valence-electron chi connectivity index (χ1n) is 25.1. The minimum absolute atomic E-state index is 0.188. The van der Waals surface area contributed by atoms with Crippen LogP contribution >= 0.6 is 68.0 Å².